The first kappa shape index (κ1) is 16.8. The summed E-state index contributed by atoms with van der Waals surface area (Å²) in [6.07, 6.45) is 0.618. The van der Waals surface area contributed by atoms with Gasteiger partial charge in [0, 0.05) is 24.9 Å². The number of hydrogen-bond donors (Lipinski definition) is 0. The van der Waals surface area contributed by atoms with Crippen molar-refractivity contribution in [1.29, 1.82) is 0 Å². The SMILES string of the molecule is O=C1SC(CCN2C(=O)c3ccccc3C2=O)CN1Cc1ccccc1. The summed E-state index contributed by atoms with van der Waals surface area (Å²) in [4.78, 5) is 40.2. The van der Waals surface area contributed by atoms with Gasteiger partial charge in [0.15, 0.2) is 0 Å². The van der Waals surface area contributed by atoms with Gasteiger partial charge in [0.25, 0.3) is 17.1 Å². The molecule has 1 unspecified atom stereocenters. The summed E-state index contributed by atoms with van der Waals surface area (Å²) in [6.45, 7) is 1.58. The lowest BCUT2D eigenvalue weighted by Gasteiger charge is -2.17. The number of fused-ring (bicyclic) bond motifs is 1. The second-order valence-electron chi connectivity index (χ2n) is 6.47. The molecule has 1 saturated heterocycles. The van der Waals surface area contributed by atoms with Crippen LogP contribution in [0.1, 0.15) is 32.7 Å². The number of amides is 3. The monoisotopic (exact) mass is 366 g/mol. The van der Waals surface area contributed by atoms with Gasteiger partial charge in [-0.1, -0.05) is 54.2 Å². The molecule has 0 saturated carbocycles. The third kappa shape index (κ3) is 3.12. The largest absolute Gasteiger partial charge is 0.328 e. The molecule has 2 aromatic carbocycles. The molecule has 2 aromatic rings. The maximum atomic E-state index is 12.4. The Hall–Kier alpha value is -2.60. The fraction of sp³-hybridized carbons (Fsp3) is 0.250. The maximum absolute atomic E-state index is 12.4. The summed E-state index contributed by atoms with van der Waals surface area (Å²) >= 11 is 1.30. The summed E-state index contributed by atoms with van der Waals surface area (Å²) < 4.78 is 0. The fourth-order valence-electron chi connectivity index (χ4n) is 3.37. The van der Waals surface area contributed by atoms with Crippen molar-refractivity contribution < 1.29 is 14.4 Å². The second-order valence-corrected chi connectivity index (χ2v) is 7.72. The van der Waals surface area contributed by atoms with Crippen molar-refractivity contribution in [3.8, 4) is 0 Å². The number of carbonyl (C=O) groups excluding carboxylic acids is 3. The molecule has 0 radical (unpaired) electrons. The number of nitrogens with zero attached hydrogens (tertiary/aromatic N) is 2. The molecule has 26 heavy (non-hydrogen) atoms. The molecule has 1 atom stereocenters. The Bertz CT molecular complexity index is 833. The van der Waals surface area contributed by atoms with Crippen molar-refractivity contribution in [3.05, 3.63) is 71.3 Å². The Morgan fingerprint density at radius 3 is 2.15 bits per heavy atom. The Balaban J connectivity index is 1.35. The van der Waals surface area contributed by atoms with Gasteiger partial charge >= 0.3 is 0 Å². The van der Waals surface area contributed by atoms with E-state index in [1.165, 1.54) is 16.7 Å². The molecule has 4 rings (SSSR count). The zero-order chi connectivity index (χ0) is 18.1. The minimum absolute atomic E-state index is 0.0567. The van der Waals surface area contributed by atoms with Gasteiger partial charge in [0.05, 0.1) is 11.1 Å². The van der Waals surface area contributed by atoms with Gasteiger partial charge in [-0.3, -0.25) is 19.3 Å². The molecular weight excluding hydrogens is 348 g/mol. The highest BCUT2D eigenvalue weighted by molar-refractivity contribution is 8.14. The first-order valence-corrected chi connectivity index (χ1v) is 9.46. The zero-order valence-corrected chi connectivity index (χ0v) is 14.9. The van der Waals surface area contributed by atoms with E-state index in [1.807, 2.05) is 35.2 Å². The van der Waals surface area contributed by atoms with Gasteiger partial charge in [-0.2, -0.15) is 0 Å². The predicted octanol–water partition coefficient (Wildman–Crippen LogP) is 3.41. The van der Waals surface area contributed by atoms with E-state index in [0.717, 1.165) is 5.56 Å². The molecule has 0 aromatic heterocycles. The van der Waals surface area contributed by atoms with E-state index < -0.39 is 0 Å². The molecule has 5 nitrogen and oxygen atoms in total. The van der Waals surface area contributed by atoms with Crippen LogP contribution in [0.15, 0.2) is 54.6 Å². The topological polar surface area (TPSA) is 57.7 Å². The maximum Gasteiger partial charge on any atom is 0.282 e. The lowest BCUT2D eigenvalue weighted by Crippen LogP contribution is -2.33. The van der Waals surface area contributed by atoms with Crippen LogP contribution in [0.3, 0.4) is 0 Å². The highest BCUT2D eigenvalue weighted by atomic mass is 32.2. The average Bonchev–Trinajstić information content (AvgIpc) is 3.12. The second kappa shape index (κ2) is 6.96. The number of hydrogen-bond acceptors (Lipinski definition) is 4. The molecule has 6 heteroatoms. The van der Waals surface area contributed by atoms with E-state index in [4.69, 9.17) is 0 Å². The van der Waals surface area contributed by atoms with E-state index in [1.54, 1.807) is 24.3 Å². The molecule has 2 heterocycles. The van der Waals surface area contributed by atoms with Gasteiger partial charge < -0.3 is 4.90 Å². The standard InChI is InChI=1S/C20H18N2O3S/c23-18-16-8-4-5-9-17(16)19(24)22(18)11-10-15-13-21(20(25)26-15)12-14-6-2-1-3-7-14/h1-9,15H,10-13H2. The molecule has 3 amide bonds. The Morgan fingerprint density at radius 1 is 0.885 bits per heavy atom. The number of imide groups is 1. The van der Waals surface area contributed by atoms with Crippen molar-refractivity contribution in [2.75, 3.05) is 13.1 Å². The van der Waals surface area contributed by atoms with Crippen molar-refractivity contribution in [2.45, 2.75) is 18.2 Å². The highest BCUT2D eigenvalue weighted by Crippen LogP contribution is 2.30. The highest BCUT2D eigenvalue weighted by Gasteiger charge is 2.37. The summed E-state index contributed by atoms with van der Waals surface area (Å²) in [7, 11) is 0. The van der Waals surface area contributed by atoms with Crippen molar-refractivity contribution in [1.82, 2.24) is 9.80 Å². The quantitative estimate of drug-likeness (QED) is 0.761. The van der Waals surface area contributed by atoms with Crippen molar-refractivity contribution in [3.63, 3.8) is 0 Å². The molecule has 0 bridgehead atoms. The minimum atomic E-state index is -0.235. The van der Waals surface area contributed by atoms with Crippen molar-refractivity contribution in [2.24, 2.45) is 0 Å². The lowest BCUT2D eigenvalue weighted by molar-refractivity contribution is 0.0652. The van der Waals surface area contributed by atoms with E-state index in [0.29, 0.717) is 37.2 Å². The van der Waals surface area contributed by atoms with Gasteiger partial charge in [0.2, 0.25) is 0 Å². The van der Waals surface area contributed by atoms with Crippen LogP contribution in [0.2, 0.25) is 0 Å². The van der Waals surface area contributed by atoms with Crippen LogP contribution in [-0.4, -0.2) is 45.2 Å². The number of benzene rings is 2. The average molecular weight is 366 g/mol. The summed E-state index contributed by atoms with van der Waals surface area (Å²) in [5.41, 5.74) is 2.04. The van der Waals surface area contributed by atoms with Crippen LogP contribution < -0.4 is 0 Å². The van der Waals surface area contributed by atoms with E-state index >= 15 is 0 Å². The van der Waals surface area contributed by atoms with Crippen LogP contribution in [0, 0.1) is 0 Å². The normalized spacial score (nSPS) is 19.4. The number of rotatable bonds is 5. The summed E-state index contributed by atoms with van der Waals surface area (Å²) in [5.74, 6) is -0.470. The van der Waals surface area contributed by atoms with Crippen LogP contribution in [0.4, 0.5) is 4.79 Å². The molecule has 0 N–H and O–H groups in total. The molecular formula is C20H18N2O3S. The van der Waals surface area contributed by atoms with E-state index in [-0.39, 0.29) is 22.3 Å². The molecule has 132 valence electrons. The third-order valence-electron chi connectivity index (χ3n) is 4.72. The van der Waals surface area contributed by atoms with Crippen LogP contribution in [0.25, 0.3) is 0 Å². The fourth-order valence-corrected chi connectivity index (χ4v) is 4.42. The number of carbonyl (C=O) groups is 3. The number of thioether (sulfide) groups is 1. The van der Waals surface area contributed by atoms with Crippen LogP contribution in [0.5, 0.6) is 0 Å². The third-order valence-corrected chi connectivity index (χ3v) is 5.90. The Labute approximate surface area is 156 Å². The molecule has 1 fully saturated rings. The summed E-state index contributed by atoms with van der Waals surface area (Å²) in [6, 6.07) is 16.8. The van der Waals surface area contributed by atoms with E-state index in [2.05, 4.69) is 0 Å². The van der Waals surface area contributed by atoms with Crippen LogP contribution >= 0.6 is 11.8 Å². The van der Waals surface area contributed by atoms with Crippen molar-refractivity contribution >= 4 is 28.8 Å². The predicted molar refractivity (Wildman–Crippen MR) is 100 cm³/mol. The Morgan fingerprint density at radius 2 is 1.50 bits per heavy atom. The van der Waals surface area contributed by atoms with Gasteiger partial charge in [0.1, 0.15) is 0 Å². The first-order valence-electron chi connectivity index (χ1n) is 8.58. The smallest absolute Gasteiger partial charge is 0.282 e. The Kier molecular flexibility index (Phi) is 4.51. The molecule has 0 aliphatic carbocycles. The molecule has 2 aliphatic heterocycles. The first-order chi connectivity index (χ1) is 12.6. The minimum Gasteiger partial charge on any atom is -0.328 e. The van der Waals surface area contributed by atoms with E-state index in [9.17, 15) is 14.4 Å². The molecule has 2 aliphatic rings. The molecule has 0 spiro atoms. The van der Waals surface area contributed by atoms with Gasteiger partial charge in [-0.25, -0.2) is 0 Å². The lowest BCUT2D eigenvalue weighted by atomic mass is 10.1. The van der Waals surface area contributed by atoms with Gasteiger partial charge in [-0.05, 0) is 24.1 Å². The summed E-state index contributed by atoms with van der Waals surface area (Å²) in [5, 5.41) is 0.150. The zero-order valence-electron chi connectivity index (χ0n) is 14.1. The van der Waals surface area contributed by atoms with Crippen LogP contribution in [-0.2, 0) is 6.54 Å². The van der Waals surface area contributed by atoms with Gasteiger partial charge in [-0.15, -0.1) is 0 Å².